The molecule has 0 aromatic heterocycles. The third kappa shape index (κ3) is 3.22. The van der Waals surface area contributed by atoms with E-state index in [2.05, 4.69) is 42.5 Å². The molecule has 0 aliphatic heterocycles. The van der Waals surface area contributed by atoms with Crippen molar-refractivity contribution >= 4 is 56.7 Å². The zero-order chi connectivity index (χ0) is 17.4. The Hall–Kier alpha value is -1.73. The zero-order valence-corrected chi connectivity index (χ0v) is 15.7. The van der Waals surface area contributed by atoms with Crippen molar-refractivity contribution in [1.29, 1.82) is 0 Å². The lowest BCUT2D eigenvalue weighted by molar-refractivity contribution is 1.05. The predicted molar refractivity (Wildman–Crippen MR) is 110 cm³/mol. The molecule has 1 aliphatic rings. The van der Waals surface area contributed by atoms with Crippen molar-refractivity contribution in [2.45, 2.75) is 12.8 Å². The summed E-state index contributed by atoms with van der Waals surface area (Å²) >= 11 is 19.4. The first-order valence-corrected chi connectivity index (χ1v) is 9.30. The van der Waals surface area contributed by atoms with E-state index in [-0.39, 0.29) is 0 Å². The van der Waals surface area contributed by atoms with E-state index in [1.54, 1.807) is 6.07 Å². The van der Waals surface area contributed by atoms with Crippen LogP contribution in [0.15, 0.2) is 71.8 Å². The molecule has 0 heterocycles. The van der Waals surface area contributed by atoms with Crippen LogP contribution >= 0.6 is 34.8 Å². The van der Waals surface area contributed by atoms with Crippen molar-refractivity contribution in [3.05, 3.63) is 92.9 Å². The highest BCUT2D eigenvalue weighted by Crippen LogP contribution is 2.42. The molecule has 0 atom stereocenters. The number of hydrogen-bond donors (Lipinski definition) is 0. The van der Waals surface area contributed by atoms with Crippen LogP contribution in [0.25, 0.3) is 21.9 Å². The summed E-state index contributed by atoms with van der Waals surface area (Å²) in [5, 5.41) is 4.53. The van der Waals surface area contributed by atoms with Gasteiger partial charge < -0.3 is 0 Å². The minimum Gasteiger partial charge on any atom is -0.0843 e. The third-order valence-electron chi connectivity index (χ3n) is 4.56. The Morgan fingerprint density at radius 2 is 1.56 bits per heavy atom. The van der Waals surface area contributed by atoms with Gasteiger partial charge in [0.2, 0.25) is 0 Å². The van der Waals surface area contributed by atoms with Gasteiger partial charge >= 0.3 is 0 Å². The van der Waals surface area contributed by atoms with Gasteiger partial charge in [0.25, 0.3) is 0 Å². The molecule has 0 nitrogen and oxygen atoms in total. The molecule has 1 aliphatic carbocycles. The summed E-state index contributed by atoms with van der Waals surface area (Å²) in [5.74, 6) is 0. The summed E-state index contributed by atoms with van der Waals surface area (Å²) in [6.45, 7) is 0. The van der Waals surface area contributed by atoms with Crippen LogP contribution in [-0.2, 0) is 0 Å². The fraction of sp³-hybridized carbons (Fsp3) is 0.0909. The molecule has 3 aromatic carbocycles. The number of rotatable bonds is 2. The molecule has 0 spiro atoms. The molecule has 0 N–H and O–H groups in total. The molecule has 0 saturated carbocycles. The first-order valence-electron chi connectivity index (χ1n) is 8.17. The summed E-state index contributed by atoms with van der Waals surface area (Å²) in [7, 11) is 0. The summed E-state index contributed by atoms with van der Waals surface area (Å²) < 4.78 is 0. The number of benzene rings is 3. The molecule has 3 aromatic rings. The Morgan fingerprint density at radius 3 is 2.40 bits per heavy atom. The fourth-order valence-corrected chi connectivity index (χ4v) is 4.09. The molecule has 4 rings (SSSR count). The fourth-order valence-electron chi connectivity index (χ4n) is 3.31. The quantitative estimate of drug-likeness (QED) is 0.419. The third-order valence-corrected chi connectivity index (χ3v) is 5.55. The molecule has 0 unspecified atom stereocenters. The average Bonchev–Trinajstić information content (AvgIpc) is 2.64. The topological polar surface area (TPSA) is 0 Å². The van der Waals surface area contributed by atoms with Crippen molar-refractivity contribution in [1.82, 2.24) is 0 Å². The minimum absolute atomic E-state index is 0.665. The molecule has 0 fully saturated rings. The summed E-state index contributed by atoms with van der Waals surface area (Å²) in [4.78, 5) is 0. The van der Waals surface area contributed by atoms with E-state index in [0.717, 1.165) is 40.1 Å². The molecule has 25 heavy (non-hydrogen) atoms. The summed E-state index contributed by atoms with van der Waals surface area (Å²) in [5.41, 5.74) is 4.16. The van der Waals surface area contributed by atoms with E-state index in [4.69, 9.17) is 34.8 Å². The second kappa shape index (κ2) is 6.88. The van der Waals surface area contributed by atoms with Gasteiger partial charge in [-0.15, -0.1) is 0 Å². The normalized spacial score (nSPS) is 14.8. The monoisotopic (exact) mass is 384 g/mol. The minimum atomic E-state index is 0.665. The van der Waals surface area contributed by atoms with Gasteiger partial charge in [-0.2, -0.15) is 0 Å². The first kappa shape index (κ1) is 16.7. The van der Waals surface area contributed by atoms with Crippen LogP contribution in [0, 0.1) is 0 Å². The van der Waals surface area contributed by atoms with Crippen LogP contribution < -0.4 is 0 Å². The van der Waals surface area contributed by atoms with Crippen molar-refractivity contribution in [3.8, 4) is 0 Å². The zero-order valence-electron chi connectivity index (χ0n) is 13.4. The lowest BCUT2D eigenvalue weighted by Crippen LogP contribution is -1.98. The molecule has 0 amide bonds. The molecular weight excluding hydrogens is 371 g/mol. The van der Waals surface area contributed by atoms with E-state index in [0.29, 0.717) is 10.0 Å². The van der Waals surface area contributed by atoms with E-state index < -0.39 is 0 Å². The average molecular weight is 386 g/mol. The van der Waals surface area contributed by atoms with Gasteiger partial charge in [-0.05, 0) is 70.2 Å². The number of allylic oxidation sites excluding steroid dienone is 4. The van der Waals surface area contributed by atoms with Gasteiger partial charge in [0, 0.05) is 10.0 Å². The van der Waals surface area contributed by atoms with Crippen LogP contribution in [0.3, 0.4) is 0 Å². The standard InChI is InChI=1S/C22H15Cl3/c23-17-10-11-21(24)20(13-17)19-7-3-6-18(22(19)25)16-9-8-14-4-1-2-5-15(14)12-16/h1-2,4-6,8-13H,3,7H2. The molecule has 3 heteroatoms. The Labute approximate surface area is 162 Å². The predicted octanol–water partition coefficient (Wildman–Crippen LogP) is 7.97. The molecule has 124 valence electrons. The van der Waals surface area contributed by atoms with E-state index in [9.17, 15) is 0 Å². The second-order valence-electron chi connectivity index (χ2n) is 6.14. The smallest absolute Gasteiger partial charge is 0.0519 e. The maximum atomic E-state index is 6.80. The second-order valence-corrected chi connectivity index (χ2v) is 7.36. The number of halogens is 3. The highest BCUT2D eigenvalue weighted by atomic mass is 35.5. The highest BCUT2D eigenvalue weighted by Gasteiger charge is 2.19. The van der Waals surface area contributed by atoms with Crippen molar-refractivity contribution < 1.29 is 0 Å². The Bertz CT molecular complexity index is 1030. The van der Waals surface area contributed by atoms with Crippen molar-refractivity contribution in [2.24, 2.45) is 0 Å². The van der Waals surface area contributed by atoms with E-state index in [1.165, 1.54) is 10.8 Å². The maximum Gasteiger partial charge on any atom is 0.0519 e. The van der Waals surface area contributed by atoms with Gasteiger partial charge in [-0.1, -0.05) is 77.3 Å². The Morgan fingerprint density at radius 1 is 0.760 bits per heavy atom. The first-order chi connectivity index (χ1) is 12.1. The van der Waals surface area contributed by atoms with Crippen LogP contribution in [0.5, 0.6) is 0 Å². The van der Waals surface area contributed by atoms with Gasteiger partial charge in [0.1, 0.15) is 0 Å². The lowest BCUT2D eigenvalue weighted by Gasteiger charge is -2.20. The lowest BCUT2D eigenvalue weighted by atomic mass is 9.89. The van der Waals surface area contributed by atoms with Crippen LogP contribution in [-0.4, -0.2) is 0 Å². The molecule has 0 radical (unpaired) electrons. The maximum absolute atomic E-state index is 6.80. The highest BCUT2D eigenvalue weighted by molar-refractivity contribution is 6.41. The molecule has 0 bridgehead atoms. The molecular formula is C22H15Cl3. The summed E-state index contributed by atoms with van der Waals surface area (Å²) in [6.07, 6.45) is 3.99. The van der Waals surface area contributed by atoms with Gasteiger partial charge in [-0.25, -0.2) is 0 Å². The van der Waals surface area contributed by atoms with Crippen LogP contribution in [0.1, 0.15) is 24.0 Å². The van der Waals surface area contributed by atoms with Crippen molar-refractivity contribution in [2.75, 3.05) is 0 Å². The Kier molecular flexibility index (Phi) is 4.60. The largest absolute Gasteiger partial charge is 0.0843 e. The van der Waals surface area contributed by atoms with Crippen LogP contribution in [0.4, 0.5) is 0 Å². The van der Waals surface area contributed by atoms with Gasteiger partial charge in [0.15, 0.2) is 0 Å². The van der Waals surface area contributed by atoms with E-state index >= 15 is 0 Å². The van der Waals surface area contributed by atoms with Gasteiger partial charge in [-0.3, -0.25) is 0 Å². The van der Waals surface area contributed by atoms with Gasteiger partial charge in [0.05, 0.1) is 5.03 Å². The number of hydrogen-bond acceptors (Lipinski definition) is 0. The Balaban J connectivity index is 1.83. The van der Waals surface area contributed by atoms with Crippen LogP contribution in [0.2, 0.25) is 10.0 Å². The number of fused-ring (bicyclic) bond motifs is 1. The SMILES string of the molecule is ClC1=C(c2cc(Cl)ccc2Cl)CCC=C1c1ccc2ccccc2c1. The summed E-state index contributed by atoms with van der Waals surface area (Å²) in [6, 6.07) is 20.3. The molecule has 0 saturated heterocycles. The van der Waals surface area contributed by atoms with E-state index in [1.807, 2.05) is 18.2 Å². The van der Waals surface area contributed by atoms with Crippen molar-refractivity contribution in [3.63, 3.8) is 0 Å².